The van der Waals surface area contributed by atoms with Gasteiger partial charge in [0.05, 0.1) is 37.8 Å². The highest BCUT2D eigenvalue weighted by atomic mass is 16.5. The van der Waals surface area contributed by atoms with E-state index in [4.69, 9.17) is 9.47 Å². The van der Waals surface area contributed by atoms with Crippen LogP contribution in [0.4, 0.5) is 0 Å². The molecule has 0 unspecified atom stereocenters. The van der Waals surface area contributed by atoms with Crippen LogP contribution in [0.3, 0.4) is 0 Å². The fourth-order valence-electron chi connectivity index (χ4n) is 4.72. The van der Waals surface area contributed by atoms with E-state index in [9.17, 15) is 4.79 Å². The summed E-state index contributed by atoms with van der Waals surface area (Å²) in [6.45, 7) is 4.39. The zero-order valence-corrected chi connectivity index (χ0v) is 19.5. The smallest absolute Gasteiger partial charge is 0.257 e. The molecule has 4 heterocycles. The molecule has 3 aromatic heterocycles. The van der Waals surface area contributed by atoms with Gasteiger partial charge in [-0.1, -0.05) is 12.1 Å². The summed E-state index contributed by atoms with van der Waals surface area (Å²) < 4.78 is 10.8. The molecule has 1 aliphatic rings. The van der Waals surface area contributed by atoms with E-state index in [0.717, 1.165) is 71.5 Å². The van der Waals surface area contributed by atoms with Crippen LogP contribution in [-0.2, 0) is 11.3 Å². The zero-order valence-electron chi connectivity index (χ0n) is 19.5. The number of rotatable bonds is 5. The molecule has 7 heteroatoms. The molecule has 0 radical (unpaired) electrons. The second-order valence-electron chi connectivity index (χ2n) is 8.92. The first-order valence-corrected chi connectivity index (χ1v) is 11.7. The van der Waals surface area contributed by atoms with Crippen molar-refractivity contribution in [3.63, 3.8) is 0 Å². The molecular weight excluding hydrogens is 440 g/mol. The van der Waals surface area contributed by atoms with Gasteiger partial charge in [0.1, 0.15) is 5.75 Å². The van der Waals surface area contributed by atoms with Crippen molar-refractivity contribution in [2.75, 3.05) is 33.4 Å². The number of fused-ring (bicyclic) bond motifs is 2. The summed E-state index contributed by atoms with van der Waals surface area (Å²) in [7, 11) is 1.63. The van der Waals surface area contributed by atoms with Crippen LogP contribution in [0.25, 0.3) is 44.2 Å². The lowest BCUT2D eigenvalue weighted by atomic mass is 10.0. The lowest BCUT2D eigenvalue weighted by Gasteiger charge is -2.26. The minimum atomic E-state index is -0.117. The highest BCUT2D eigenvalue weighted by molar-refractivity contribution is 5.90. The molecule has 1 saturated heterocycles. The van der Waals surface area contributed by atoms with Gasteiger partial charge in [-0.25, -0.2) is 0 Å². The van der Waals surface area contributed by atoms with Gasteiger partial charge in [0.2, 0.25) is 0 Å². The maximum absolute atomic E-state index is 13.0. The predicted octanol–water partition coefficient (Wildman–Crippen LogP) is 4.58. The Bertz CT molecular complexity index is 1580. The number of nitrogens with one attached hydrogen (secondary N) is 2. The molecule has 0 spiro atoms. The van der Waals surface area contributed by atoms with E-state index in [-0.39, 0.29) is 5.56 Å². The van der Waals surface area contributed by atoms with Crippen molar-refractivity contribution < 1.29 is 9.47 Å². The van der Waals surface area contributed by atoms with Crippen LogP contribution in [0, 0.1) is 0 Å². The van der Waals surface area contributed by atoms with E-state index < -0.39 is 0 Å². The summed E-state index contributed by atoms with van der Waals surface area (Å²) in [5.74, 6) is 0.704. The summed E-state index contributed by atoms with van der Waals surface area (Å²) in [5.41, 5.74) is 6.33. The van der Waals surface area contributed by atoms with Crippen molar-refractivity contribution in [2.24, 2.45) is 0 Å². The second-order valence-corrected chi connectivity index (χ2v) is 8.92. The molecule has 2 aromatic carbocycles. The van der Waals surface area contributed by atoms with Gasteiger partial charge in [0.25, 0.3) is 5.56 Å². The van der Waals surface area contributed by atoms with Crippen molar-refractivity contribution >= 4 is 21.8 Å². The highest BCUT2D eigenvalue weighted by Gasteiger charge is 2.13. The maximum atomic E-state index is 13.0. The average Bonchev–Trinajstić information content (AvgIpc) is 3.32. The number of hydrogen-bond donors (Lipinski definition) is 2. The summed E-state index contributed by atoms with van der Waals surface area (Å²) in [6.07, 6.45) is 3.49. The molecule has 7 nitrogen and oxygen atoms in total. The standard InChI is InChI=1S/C28H26N4O3/c1-34-23-12-22(15-29-16-23)19-3-5-26-21(11-19)13-24(28(33)31-26)27-14-20-10-18(2-4-25(20)30-27)17-32-6-8-35-9-7-32/h2-5,10-16,30H,6-9,17H2,1H3,(H,31,33). The Morgan fingerprint density at radius 1 is 0.914 bits per heavy atom. The van der Waals surface area contributed by atoms with Crippen molar-refractivity contribution in [3.05, 3.63) is 82.9 Å². The Morgan fingerprint density at radius 2 is 1.71 bits per heavy atom. The topological polar surface area (TPSA) is 83.2 Å². The number of aromatic nitrogens is 3. The minimum absolute atomic E-state index is 0.117. The van der Waals surface area contributed by atoms with E-state index >= 15 is 0 Å². The van der Waals surface area contributed by atoms with Gasteiger partial charge in [0.15, 0.2) is 0 Å². The van der Waals surface area contributed by atoms with Crippen LogP contribution in [-0.4, -0.2) is 53.3 Å². The molecule has 0 bridgehead atoms. The average molecular weight is 467 g/mol. The number of benzene rings is 2. The quantitative estimate of drug-likeness (QED) is 0.396. The number of nitrogens with zero attached hydrogens (tertiary/aromatic N) is 2. The van der Waals surface area contributed by atoms with Gasteiger partial charge in [-0.05, 0) is 59.0 Å². The second kappa shape index (κ2) is 9.02. The highest BCUT2D eigenvalue weighted by Crippen LogP contribution is 2.28. The minimum Gasteiger partial charge on any atom is -0.495 e. The third-order valence-corrected chi connectivity index (χ3v) is 6.61. The van der Waals surface area contributed by atoms with Gasteiger partial charge in [-0.3, -0.25) is 14.7 Å². The Balaban J connectivity index is 1.36. The number of methoxy groups -OCH3 is 1. The molecule has 176 valence electrons. The number of H-pyrrole nitrogens is 2. The van der Waals surface area contributed by atoms with Crippen molar-refractivity contribution in [1.29, 1.82) is 0 Å². The lowest BCUT2D eigenvalue weighted by Crippen LogP contribution is -2.35. The molecule has 1 aliphatic heterocycles. The largest absolute Gasteiger partial charge is 0.495 e. The number of aromatic amines is 2. The van der Waals surface area contributed by atoms with Gasteiger partial charge < -0.3 is 19.4 Å². The van der Waals surface area contributed by atoms with E-state index in [1.165, 1.54) is 5.56 Å². The van der Waals surface area contributed by atoms with E-state index in [2.05, 4.69) is 50.2 Å². The Kier molecular flexibility index (Phi) is 5.56. The van der Waals surface area contributed by atoms with Gasteiger partial charge >= 0.3 is 0 Å². The molecule has 0 saturated carbocycles. The Hall–Kier alpha value is -3.94. The molecule has 1 fully saturated rings. The van der Waals surface area contributed by atoms with E-state index in [0.29, 0.717) is 11.3 Å². The molecule has 2 N–H and O–H groups in total. The third kappa shape index (κ3) is 4.32. The third-order valence-electron chi connectivity index (χ3n) is 6.61. The first-order valence-electron chi connectivity index (χ1n) is 11.7. The molecule has 0 atom stereocenters. The SMILES string of the molecule is COc1cncc(-c2ccc3[nH]c(=O)c(-c4cc5cc(CN6CCOCC6)ccc5[nH]4)cc3c2)c1. The number of morpholine rings is 1. The molecule has 6 rings (SSSR count). The molecule has 0 amide bonds. The van der Waals surface area contributed by atoms with Crippen LogP contribution < -0.4 is 10.3 Å². The summed E-state index contributed by atoms with van der Waals surface area (Å²) in [6, 6.07) is 18.4. The Labute approximate surface area is 202 Å². The predicted molar refractivity (Wildman–Crippen MR) is 138 cm³/mol. The fraction of sp³-hybridized carbons (Fsp3) is 0.214. The van der Waals surface area contributed by atoms with Crippen LogP contribution >= 0.6 is 0 Å². The van der Waals surface area contributed by atoms with Crippen molar-refractivity contribution in [3.8, 4) is 28.1 Å². The molecular formula is C28H26N4O3. The fourth-order valence-corrected chi connectivity index (χ4v) is 4.72. The van der Waals surface area contributed by atoms with Gasteiger partial charge in [-0.15, -0.1) is 0 Å². The molecule has 0 aliphatic carbocycles. The van der Waals surface area contributed by atoms with Crippen LogP contribution in [0.2, 0.25) is 0 Å². The number of ether oxygens (including phenoxy) is 2. The maximum Gasteiger partial charge on any atom is 0.257 e. The van der Waals surface area contributed by atoms with Gasteiger partial charge in [0, 0.05) is 47.8 Å². The van der Waals surface area contributed by atoms with Crippen molar-refractivity contribution in [1.82, 2.24) is 19.9 Å². The first kappa shape index (κ1) is 21.6. The molecule has 5 aromatic rings. The lowest BCUT2D eigenvalue weighted by molar-refractivity contribution is 0.0342. The van der Waals surface area contributed by atoms with E-state index in [1.807, 2.05) is 30.5 Å². The molecule has 35 heavy (non-hydrogen) atoms. The first-order chi connectivity index (χ1) is 17.2. The summed E-state index contributed by atoms with van der Waals surface area (Å²) >= 11 is 0. The number of pyridine rings is 2. The summed E-state index contributed by atoms with van der Waals surface area (Å²) in [5, 5.41) is 2.05. The van der Waals surface area contributed by atoms with Gasteiger partial charge in [-0.2, -0.15) is 0 Å². The monoisotopic (exact) mass is 466 g/mol. The van der Waals surface area contributed by atoms with Crippen LogP contribution in [0.1, 0.15) is 5.56 Å². The van der Waals surface area contributed by atoms with Crippen LogP contribution in [0.15, 0.2) is 71.8 Å². The summed E-state index contributed by atoms with van der Waals surface area (Å²) in [4.78, 5) is 26.1. The zero-order chi connectivity index (χ0) is 23.8. The normalized spacial score (nSPS) is 14.5. The van der Waals surface area contributed by atoms with Crippen LogP contribution in [0.5, 0.6) is 5.75 Å². The Morgan fingerprint density at radius 3 is 2.57 bits per heavy atom. The van der Waals surface area contributed by atoms with Crippen molar-refractivity contribution in [2.45, 2.75) is 6.54 Å². The number of hydrogen-bond acceptors (Lipinski definition) is 5. The van der Waals surface area contributed by atoms with E-state index in [1.54, 1.807) is 13.3 Å².